The summed E-state index contributed by atoms with van der Waals surface area (Å²) >= 11 is 6.15. The fourth-order valence-corrected chi connectivity index (χ4v) is 3.16. The van der Waals surface area contributed by atoms with Crippen LogP contribution >= 0.6 is 11.6 Å². The molecule has 0 spiro atoms. The molecule has 0 N–H and O–H groups in total. The Hall–Kier alpha value is -0.850. The summed E-state index contributed by atoms with van der Waals surface area (Å²) in [5.41, 5.74) is 0. The van der Waals surface area contributed by atoms with Crippen molar-refractivity contribution in [2.24, 2.45) is 5.92 Å². The van der Waals surface area contributed by atoms with E-state index in [1.54, 1.807) is 13.2 Å². The largest absolute Gasteiger partial charge is 0.355 e. The minimum Gasteiger partial charge on any atom is -0.355 e. The molecule has 1 aromatic rings. The lowest BCUT2D eigenvalue weighted by molar-refractivity contribution is 0.328. The lowest BCUT2D eigenvalue weighted by Crippen LogP contribution is -2.39. The SMILES string of the molecule is CN(CC1CCN(c2ncccc2Cl)CC1)S(C)(=O)=O. The molecule has 112 valence electrons. The molecule has 1 fully saturated rings. The van der Waals surface area contributed by atoms with Crippen molar-refractivity contribution in [3.8, 4) is 0 Å². The normalized spacial score (nSPS) is 17.7. The second-order valence-electron chi connectivity index (χ2n) is 5.28. The monoisotopic (exact) mass is 317 g/mol. The van der Waals surface area contributed by atoms with Crippen LogP contribution in [0.2, 0.25) is 5.02 Å². The van der Waals surface area contributed by atoms with Crippen molar-refractivity contribution in [1.29, 1.82) is 0 Å². The van der Waals surface area contributed by atoms with Gasteiger partial charge in [-0.1, -0.05) is 11.6 Å². The number of piperidine rings is 1. The number of aromatic nitrogens is 1. The number of halogens is 1. The third kappa shape index (κ3) is 3.84. The van der Waals surface area contributed by atoms with E-state index in [4.69, 9.17) is 11.6 Å². The summed E-state index contributed by atoms with van der Waals surface area (Å²) in [4.78, 5) is 6.48. The van der Waals surface area contributed by atoms with Gasteiger partial charge in [-0.2, -0.15) is 0 Å². The Bertz CT molecular complexity index is 556. The maximum absolute atomic E-state index is 11.4. The third-order valence-electron chi connectivity index (χ3n) is 3.73. The van der Waals surface area contributed by atoms with E-state index in [-0.39, 0.29) is 0 Å². The van der Waals surface area contributed by atoms with Gasteiger partial charge in [0.2, 0.25) is 10.0 Å². The summed E-state index contributed by atoms with van der Waals surface area (Å²) in [6, 6.07) is 3.66. The molecule has 0 atom stereocenters. The minimum atomic E-state index is -3.09. The van der Waals surface area contributed by atoms with Crippen LogP contribution in [0.3, 0.4) is 0 Å². The highest BCUT2D eigenvalue weighted by Gasteiger charge is 2.24. The maximum atomic E-state index is 11.4. The molecule has 2 heterocycles. The number of hydrogen-bond acceptors (Lipinski definition) is 4. The van der Waals surface area contributed by atoms with Crippen LogP contribution in [0.4, 0.5) is 5.82 Å². The fraction of sp³-hybridized carbons (Fsp3) is 0.615. The molecular formula is C13H20ClN3O2S. The highest BCUT2D eigenvalue weighted by Crippen LogP contribution is 2.27. The Morgan fingerprint density at radius 2 is 2.10 bits per heavy atom. The summed E-state index contributed by atoms with van der Waals surface area (Å²) in [6.45, 7) is 2.31. The van der Waals surface area contributed by atoms with Gasteiger partial charge in [0.15, 0.2) is 0 Å². The summed E-state index contributed by atoms with van der Waals surface area (Å²) in [5, 5.41) is 0.666. The Balaban J connectivity index is 1.92. The summed E-state index contributed by atoms with van der Waals surface area (Å²) in [6.07, 6.45) is 4.89. The fourth-order valence-electron chi connectivity index (χ4n) is 2.44. The molecule has 20 heavy (non-hydrogen) atoms. The van der Waals surface area contributed by atoms with Crippen molar-refractivity contribution in [1.82, 2.24) is 9.29 Å². The number of sulfonamides is 1. The molecule has 0 radical (unpaired) electrons. The first-order chi connectivity index (χ1) is 9.38. The van der Waals surface area contributed by atoms with Gasteiger partial charge in [-0.05, 0) is 30.9 Å². The molecule has 0 amide bonds. The van der Waals surface area contributed by atoms with Crippen molar-refractivity contribution in [2.45, 2.75) is 12.8 Å². The van der Waals surface area contributed by atoms with Crippen molar-refractivity contribution in [2.75, 3.05) is 37.8 Å². The van der Waals surface area contributed by atoms with E-state index in [2.05, 4.69) is 9.88 Å². The zero-order chi connectivity index (χ0) is 14.8. The van der Waals surface area contributed by atoms with E-state index in [1.807, 2.05) is 12.1 Å². The average Bonchev–Trinajstić information content (AvgIpc) is 2.39. The van der Waals surface area contributed by atoms with E-state index in [0.29, 0.717) is 17.5 Å². The standard InChI is InChI=1S/C13H20ClN3O2S/c1-16(20(2,18)19)10-11-5-8-17(9-6-11)13-12(14)4-3-7-15-13/h3-4,7,11H,5-6,8-10H2,1-2H3. The van der Waals surface area contributed by atoms with E-state index >= 15 is 0 Å². The van der Waals surface area contributed by atoms with Crippen LogP contribution in [0, 0.1) is 5.92 Å². The van der Waals surface area contributed by atoms with E-state index in [9.17, 15) is 8.42 Å². The average molecular weight is 318 g/mol. The van der Waals surface area contributed by atoms with Gasteiger partial charge in [0.1, 0.15) is 5.82 Å². The van der Waals surface area contributed by atoms with E-state index in [0.717, 1.165) is 31.7 Å². The molecular weight excluding hydrogens is 298 g/mol. The van der Waals surface area contributed by atoms with Gasteiger partial charge in [-0.25, -0.2) is 17.7 Å². The number of nitrogens with zero attached hydrogens (tertiary/aromatic N) is 3. The van der Waals surface area contributed by atoms with Gasteiger partial charge in [-0.15, -0.1) is 0 Å². The van der Waals surface area contributed by atoms with Crippen LogP contribution in [-0.4, -0.2) is 50.6 Å². The molecule has 0 bridgehead atoms. The molecule has 1 aliphatic heterocycles. The van der Waals surface area contributed by atoms with Crippen LogP contribution in [0.25, 0.3) is 0 Å². The molecule has 1 aliphatic rings. The van der Waals surface area contributed by atoms with Crippen molar-refractivity contribution in [3.63, 3.8) is 0 Å². The summed E-state index contributed by atoms with van der Waals surface area (Å²) in [5.74, 6) is 1.22. The topological polar surface area (TPSA) is 53.5 Å². The number of rotatable bonds is 4. The molecule has 7 heteroatoms. The molecule has 5 nitrogen and oxygen atoms in total. The highest BCUT2D eigenvalue weighted by molar-refractivity contribution is 7.88. The number of hydrogen-bond donors (Lipinski definition) is 0. The smallest absolute Gasteiger partial charge is 0.210 e. The quantitative estimate of drug-likeness (QED) is 0.850. The van der Waals surface area contributed by atoms with Crippen LogP contribution in [0.15, 0.2) is 18.3 Å². The Morgan fingerprint density at radius 3 is 2.65 bits per heavy atom. The van der Waals surface area contributed by atoms with Crippen LogP contribution < -0.4 is 4.90 Å². The Morgan fingerprint density at radius 1 is 1.45 bits per heavy atom. The molecule has 1 aromatic heterocycles. The molecule has 2 rings (SSSR count). The molecule has 0 aliphatic carbocycles. The van der Waals surface area contributed by atoms with Gasteiger partial charge in [-0.3, -0.25) is 0 Å². The predicted molar refractivity (Wildman–Crippen MR) is 81.7 cm³/mol. The Labute approximate surface area is 125 Å². The van der Waals surface area contributed by atoms with Crippen molar-refractivity contribution >= 4 is 27.4 Å². The summed E-state index contributed by atoms with van der Waals surface area (Å²) < 4.78 is 24.3. The number of anilines is 1. The van der Waals surface area contributed by atoms with Gasteiger partial charge < -0.3 is 4.90 Å². The van der Waals surface area contributed by atoms with Gasteiger partial charge in [0.25, 0.3) is 0 Å². The highest BCUT2D eigenvalue weighted by atomic mass is 35.5. The lowest BCUT2D eigenvalue weighted by Gasteiger charge is -2.34. The molecule has 0 unspecified atom stereocenters. The zero-order valence-corrected chi connectivity index (χ0v) is 13.4. The van der Waals surface area contributed by atoms with Crippen LogP contribution in [0.1, 0.15) is 12.8 Å². The van der Waals surface area contributed by atoms with Crippen LogP contribution in [-0.2, 0) is 10.0 Å². The maximum Gasteiger partial charge on any atom is 0.210 e. The minimum absolute atomic E-state index is 0.397. The second kappa shape index (κ2) is 6.28. The summed E-state index contributed by atoms with van der Waals surface area (Å²) in [7, 11) is -1.45. The first kappa shape index (κ1) is 15.5. The molecule has 0 aromatic carbocycles. The third-order valence-corrected chi connectivity index (χ3v) is 5.31. The predicted octanol–water partition coefficient (Wildman–Crippen LogP) is 1.84. The van der Waals surface area contributed by atoms with Gasteiger partial charge >= 0.3 is 0 Å². The second-order valence-corrected chi connectivity index (χ2v) is 7.78. The molecule has 0 saturated carbocycles. The lowest BCUT2D eigenvalue weighted by atomic mass is 9.97. The zero-order valence-electron chi connectivity index (χ0n) is 11.8. The van der Waals surface area contributed by atoms with Crippen molar-refractivity contribution in [3.05, 3.63) is 23.4 Å². The molecule has 1 saturated heterocycles. The number of pyridine rings is 1. The van der Waals surface area contributed by atoms with E-state index in [1.165, 1.54) is 10.6 Å². The first-order valence-corrected chi connectivity index (χ1v) is 8.87. The first-order valence-electron chi connectivity index (χ1n) is 6.64. The van der Waals surface area contributed by atoms with Gasteiger partial charge in [0.05, 0.1) is 11.3 Å². The van der Waals surface area contributed by atoms with Crippen molar-refractivity contribution < 1.29 is 8.42 Å². The van der Waals surface area contributed by atoms with E-state index < -0.39 is 10.0 Å². The van der Waals surface area contributed by atoms with Gasteiger partial charge in [0, 0.05) is 32.9 Å². The Kier molecular flexibility index (Phi) is 4.88. The van der Waals surface area contributed by atoms with Crippen LogP contribution in [0.5, 0.6) is 0 Å².